The maximum Gasteiger partial charge on any atom is 0.0766 e. The van der Waals surface area contributed by atoms with Crippen LogP contribution in [0, 0.1) is 5.92 Å². The number of nitrogens with one attached hydrogen (secondary N) is 1. The summed E-state index contributed by atoms with van der Waals surface area (Å²) in [6.45, 7) is 12.0. The van der Waals surface area contributed by atoms with Crippen molar-refractivity contribution in [3.8, 4) is 0 Å². The molecule has 1 rings (SSSR count). The lowest BCUT2D eigenvalue weighted by Gasteiger charge is -2.31. The van der Waals surface area contributed by atoms with Crippen LogP contribution in [0.25, 0.3) is 0 Å². The second kappa shape index (κ2) is 5.51. The van der Waals surface area contributed by atoms with Crippen molar-refractivity contribution in [1.82, 2.24) is 5.32 Å². The minimum Gasteiger partial charge on any atom is -0.389 e. The summed E-state index contributed by atoms with van der Waals surface area (Å²) in [5.41, 5.74) is -0.507. The van der Waals surface area contributed by atoms with Crippen molar-refractivity contribution < 1.29 is 5.11 Å². The number of hydrogen-bond donors (Lipinski definition) is 2. The molecule has 0 aliphatic heterocycles. The Morgan fingerprint density at radius 2 is 1.94 bits per heavy atom. The van der Waals surface area contributed by atoms with Gasteiger partial charge >= 0.3 is 0 Å². The summed E-state index contributed by atoms with van der Waals surface area (Å²) in [5, 5.41) is 15.7. The predicted octanol–water partition coefficient (Wildman–Crippen LogP) is 3.02. The molecule has 0 amide bonds. The first-order chi connectivity index (χ1) is 7.76. The fraction of sp³-hybridized carbons (Fsp3) is 0.714. The number of thiophene rings is 1. The lowest BCUT2D eigenvalue weighted by molar-refractivity contribution is 0.0135. The van der Waals surface area contributed by atoms with Gasteiger partial charge in [0, 0.05) is 23.4 Å². The van der Waals surface area contributed by atoms with E-state index >= 15 is 0 Å². The Hall–Kier alpha value is -0.380. The predicted molar refractivity (Wildman–Crippen MR) is 75.7 cm³/mol. The Bertz CT molecular complexity index is 328. The molecule has 0 saturated carbocycles. The smallest absolute Gasteiger partial charge is 0.0766 e. The zero-order valence-corrected chi connectivity index (χ0v) is 12.4. The largest absolute Gasteiger partial charge is 0.389 e. The molecule has 0 bridgehead atoms. The highest BCUT2D eigenvalue weighted by Crippen LogP contribution is 2.26. The number of rotatable bonds is 6. The molecular formula is C14H25NOS. The lowest BCUT2D eigenvalue weighted by atomic mass is 9.89. The zero-order chi connectivity index (χ0) is 13.1. The van der Waals surface area contributed by atoms with Gasteiger partial charge in [0.25, 0.3) is 0 Å². The topological polar surface area (TPSA) is 32.3 Å². The van der Waals surface area contributed by atoms with Crippen LogP contribution < -0.4 is 5.32 Å². The van der Waals surface area contributed by atoms with Crippen LogP contribution in [0.1, 0.15) is 39.5 Å². The molecule has 1 unspecified atom stereocenters. The van der Waals surface area contributed by atoms with Crippen molar-refractivity contribution in [2.24, 2.45) is 5.92 Å². The summed E-state index contributed by atoms with van der Waals surface area (Å²) in [6.07, 6.45) is 0. The van der Waals surface area contributed by atoms with E-state index in [4.69, 9.17) is 0 Å². The minimum absolute atomic E-state index is 0.126. The van der Waals surface area contributed by atoms with Gasteiger partial charge in [-0.3, -0.25) is 0 Å². The molecule has 0 aliphatic carbocycles. The minimum atomic E-state index is -0.633. The van der Waals surface area contributed by atoms with Gasteiger partial charge in [-0.25, -0.2) is 0 Å². The van der Waals surface area contributed by atoms with E-state index in [1.54, 1.807) is 11.3 Å². The van der Waals surface area contributed by atoms with E-state index in [-0.39, 0.29) is 11.3 Å². The third kappa shape index (κ3) is 4.09. The first-order valence-corrected chi connectivity index (χ1v) is 7.11. The highest BCUT2D eigenvalue weighted by Gasteiger charge is 2.26. The van der Waals surface area contributed by atoms with Crippen molar-refractivity contribution in [3.63, 3.8) is 0 Å². The fourth-order valence-corrected chi connectivity index (χ4v) is 2.44. The fourth-order valence-electron chi connectivity index (χ4n) is 1.58. The molecule has 0 radical (unpaired) electrons. The first kappa shape index (κ1) is 14.7. The van der Waals surface area contributed by atoms with Crippen molar-refractivity contribution >= 4 is 11.3 Å². The molecule has 1 aromatic rings. The van der Waals surface area contributed by atoms with E-state index in [0.29, 0.717) is 6.54 Å². The maximum absolute atomic E-state index is 10.2. The van der Waals surface area contributed by atoms with E-state index in [0.717, 1.165) is 6.54 Å². The van der Waals surface area contributed by atoms with Gasteiger partial charge in [-0.05, 0) is 24.3 Å². The van der Waals surface area contributed by atoms with Crippen molar-refractivity contribution in [2.75, 3.05) is 13.1 Å². The van der Waals surface area contributed by atoms with Gasteiger partial charge in [0.2, 0.25) is 0 Å². The molecule has 0 fully saturated rings. The molecule has 0 spiro atoms. The Labute approximate surface area is 109 Å². The molecule has 0 saturated heterocycles. The molecule has 3 heteroatoms. The maximum atomic E-state index is 10.2. The summed E-state index contributed by atoms with van der Waals surface area (Å²) < 4.78 is 0. The molecule has 17 heavy (non-hydrogen) atoms. The first-order valence-electron chi connectivity index (χ1n) is 6.23. The van der Waals surface area contributed by atoms with Gasteiger partial charge in [0.05, 0.1) is 5.60 Å². The average Bonchev–Trinajstić information content (AvgIpc) is 2.69. The second-order valence-corrected chi connectivity index (χ2v) is 6.92. The average molecular weight is 255 g/mol. The number of aliphatic hydroxyl groups is 1. The highest BCUT2D eigenvalue weighted by atomic mass is 32.1. The van der Waals surface area contributed by atoms with Crippen LogP contribution in [0.15, 0.2) is 17.5 Å². The van der Waals surface area contributed by atoms with E-state index < -0.39 is 5.60 Å². The van der Waals surface area contributed by atoms with Crippen LogP contribution >= 0.6 is 11.3 Å². The Kier molecular flexibility index (Phi) is 4.76. The summed E-state index contributed by atoms with van der Waals surface area (Å²) in [7, 11) is 0. The Morgan fingerprint density at radius 1 is 1.29 bits per heavy atom. The zero-order valence-electron chi connectivity index (χ0n) is 11.6. The molecule has 0 aromatic carbocycles. The summed E-state index contributed by atoms with van der Waals surface area (Å²) >= 11 is 1.79. The van der Waals surface area contributed by atoms with Gasteiger partial charge in [0.1, 0.15) is 0 Å². The molecule has 1 aromatic heterocycles. The molecule has 98 valence electrons. The van der Waals surface area contributed by atoms with Crippen LogP contribution in [0.3, 0.4) is 0 Å². The van der Waals surface area contributed by atoms with E-state index in [1.165, 1.54) is 4.88 Å². The third-order valence-electron chi connectivity index (χ3n) is 3.48. The van der Waals surface area contributed by atoms with E-state index in [2.05, 4.69) is 36.7 Å². The van der Waals surface area contributed by atoms with Crippen molar-refractivity contribution in [1.29, 1.82) is 0 Å². The summed E-state index contributed by atoms with van der Waals surface area (Å²) in [5.74, 6) is 0.264. The lowest BCUT2D eigenvalue weighted by Crippen LogP contribution is -2.45. The van der Waals surface area contributed by atoms with Crippen LogP contribution in [0.4, 0.5) is 0 Å². The third-order valence-corrected chi connectivity index (χ3v) is 4.72. The van der Waals surface area contributed by atoms with Crippen LogP contribution in [0.2, 0.25) is 0 Å². The van der Waals surface area contributed by atoms with E-state index in [1.807, 2.05) is 20.8 Å². The number of hydrogen-bond acceptors (Lipinski definition) is 3. The highest BCUT2D eigenvalue weighted by molar-refractivity contribution is 7.10. The Balaban J connectivity index is 2.46. The van der Waals surface area contributed by atoms with Gasteiger partial charge in [-0.15, -0.1) is 11.3 Å². The Morgan fingerprint density at radius 3 is 2.41 bits per heavy atom. The molecule has 1 atom stereocenters. The summed E-state index contributed by atoms with van der Waals surface area (Å²) in [6, 6.07) is 4.26. The van der Waals surface area contributed by atoms with Crippen LogP contribution in [-0.4, -0.2) is 23.8 Å². The van der Waals surface area contributed by atoms with Crippen molar-refractivity contribution in [3.05, 3.63) is 22.4 Å². The monoisotopic (exact) mass is 255 g/mol. The van der Waals surface area contributed by atoms with Crippen LogP contribution in [0.5, 0.6) is 0 Å². The molecule has 0 aliphatic rings. The SMILES string of the molecule is CC(C)C(C)(O)CNCC(C)(C)c1cccs1. The standard InChI is InChI=1S/C14H25NOS/c1-11(2)14(5,16)10-15-9-13(3,4)12-7-6-8-17-12/h6-8,11,15-16H,9-10H2,1-5H3. The van der Waals surface area contributed by atoms with Crippen molar-refractivity contribution in [2.45, 2.75) is 45.6 Å². The van der Waals surface area contributed by atoms with Gasteiger partial charge in [-0.1, -0.05) is 33.8 Å². The van der Waals surface area contributed by atoms with Gasteiger partial charge in [-0.2, -0.15) is 0 Å². The van der Waals surface area contributed by atoms with Gasteiger partial charge in [0.15, 0.2) is 0 Å². The molecular weight excluding hydrogens is 230 g/mol. The second-order valence-electron chi connectivity index (χ2n) is 5.98. The van der Waals surface area contributed by atoms with E-state index in [9.17, 15) is 5.11 Å². The van der Waals surface area contributed by atoms with Gasteiger partial charge < -0.3 is 10.4 Å². The normalized spacial score (nSPS) is 16.2. The quantitative estimate of drug-likeness (QED) is 0.819. The van der Waals surface area contributed by atoms with Crippen LogP contribution in [-0.2, 0) is 5.41 Å². The molecule has 1 heterocycles. The molecule has 2 nitrogen and oxygen atoms in total. The summed E-state index contributed by atoms with van der Waals surface area (Å²) in [4.78, 5) is 1.38. The molecule has 2 N–H and O–H groups in total.